The molecule has 0 atom stereocenters. The van der Waals surface area contributed by atoms with E-state index in [9.17, 15) is 0 Å². The average molecular weight is 281 g/mol. The molecule has 100 valence electrons. The molecule has 1 N–H and O–H groups in total. The first-order chi connectivity index (χ1) is 9.81. The van der Waals surface area contributed by atoms with Gasteiger partial charge in [0.15, 0.2) is 0 Å². The quantitative estimate of drug-likeness (QED) is 0.781. The summed E-state index contributed by atoms with van der Waals surface area (Å²) in [5, 5.41) is 6.51. The lowest BCUT2D eigenvalue weighted by Crippen LogP contribution is -1.99. The predicted octanol–water partition coefficient (Wildman–Crippen LogP) is 4.13. The van der Waals surface area contributed by atoms with Gasteiger partial charge in [-0.05, 0) is 19.1 Å². The molecule has 3 nitrogen and oxygen atoms in total. The standard InChI is InChI=1S/C16H15N3S/c1-12-7-8-14(9-17-12)18-10-16-19-15(11-20-16)13-5-3-2-4-6-13/h2-9,11,18H,10H2,1H3. The Morgan fingerprint density at radius 3 is 2.70 bits per heavy atom. The molecule has 1 aromatic carbocycles. The predicted molar refractivity (Wildman–Crippen MR) is 83.9 cm³/mol. The van der Waals surface area contributed by atoms with Crippen LogP contribution < -0.4 is 5.32 Å². The van der Waals surface area contributed by atoms with Crippen molar-refractivity contribution in [1.29, 1.82) is 0 Å². The van der Waals surface area contributed by atoms with Crippen LogP contribution >= 0.6 is 11.3 Å². The molecule has 0 aliphatic rings. The van der Waals surface area contributed by atoms with Crippen molar-refractivity contribution in [3.63, 3.8) is 0 Å². The van der Waals surface area contributed by atoms with Crippen LogP contribution in [0.15, 0.2) is 54.0 Å². The number of nitrogens with one attached hydrogen (secondary N) is 1. The third kappa shape index (κ3) is 3.03. The van der Waals surface area contributed by atoms with Crippen LogP contribution in [0, 0.1) is 6.92 Å². The highest BCUT2D eigenvalue weighted by molar-refractivity contribution is 7.09. The lowest BCUT2D eigenvalue weighted by atomic mass is 10.2. The van der Waals surface area contributed by atoms with Gasteiger partial charge in [-0.2, -0.15) is 0 Å². The Labute approximate surface area is 122 Å². The van der Waals surface area contributed by atoms with Gasteiger partial charge in [-0.15, -0.1) is 11.3 Å². The summed E-state index contributed by atoms with van der Waals surface area (Å²) in [5.41, 5.74) is 4.24. The molecular formula is C16H15N3S. The highest BCUT2D eigenvalue weighted by Crippen LogP contribution is 2.22. The van der Waals surface area contributed by atoms with Crippen molar-refractivity contribution < 1.29 is 0 Å². The summed E-state index contributed by atoms with van der Waals surface area (Å²) in [4.78, 5) is 8.91. The minimum atomic E-state index is 0.724. The Morgan fingerprint density at radius 1 is 1.10 bits per heavy atom. The fourth-order valence-electron chi connectivity index (χ4n) is 1.88. The molecule has 0 spiro atoms. The van der Waals surface area contributed by atoms with Gasteiger partial charge < -0.3 is 5.32 Å². The van der Waals surface area contributed by atoms with E-state index in [0.717, 1.165) is 34.2 Å². The second-order valence-corrected chi connectivity index (χ2v) is 5.48. The molecule has 3 rings (SSSR count). The molecule has 0 saturated carbocycles. The fraction of sp³-hybridized carbons (Fsp3) is 0.125. The van der Waals surface area contributed by atoms with E-state index in [1.807, 2.05) is 43.5 Å². The van der Waals surface area contributed by atoms with Crippen molar-refractivity contribution in [1.82, 2.24) is 9.97 Å². The van der Waals surface area contributed by atoms with Gasteiger partial charge in [0.05, 0.1) is 24.1 Å². The molecule has 0 aliphatic carbocycles. The molecule has 0 radical (unpaired) electrons. The maximum Gasteiger partial charge on any atom is 0.112 e. The number of rotatable bonds is 4. The molecule has 3 aromatic rings. The zero-order valence-electron chi connectivity index (χ0n) is 11.2. The number of hydrogen-bond acceptors (Lipinski definition) is 4. The second kappa shape index (κ2) is 5.84. The van der Waals surface area contributed by atoms with Crippen molar-refractivity contribution in [2.45, 2.75) is 13.5 Å². The number of aromatic nitrogens is 2. The minimum absolute atomic E-state index is 0.724. The zero-order valence-corrected chi connectivity index (χ0v) is 12.0. The number of hydrogen-bond donors (Lipinski definition) is 1. The topological polar surface area (TPSA) is 37.8 Å². The van der Waals surface area contributed by atoms with Crippen LogP contribution in [-0.2, 0) is 6.54 Å². The first kappa shape index (κ1) is 12.8. The van der Waals surface area contributed by atoms with Crippen LogP contribution in [0.5, 0.6) is 0 Å². The molecule has 0 aliphatic heterocycles. The Bertz CT molecular complexity index is 674. The number of pyridine rings is 1. The smallest absolute Gasteiger partial charge is 0.112 e. The summed E-state index contributed by atoms with van der Waals surface area (Å²) in [6.45, 7) is 2.71. The lowest BCUT2D eigenvalue weighted by molar-refractivity contribution is 1.09. The van der Waals surface area contributed by atoms with E-state index in [-0.39, 0.29) is 0 Å². The third-order valence-electron chi connectivity index (χ3n) is 2.98. The fourth-order valence-corrected chi connectivity index (χ4v) is 2.63. The monoisotopic (exact) mass is 281 g/mol. The van der Waals surface area contributed by atoms with E-state index in [4.69, 9.17) is 0 Å². The highest BCUT2D eigenvalue weighted by atomic mass is 32.1. The van der Waals surface area contributed by atoms with E-state index in [0.29, 0.717) is 0 Å². The van der Waals surface area contributed by atoms with Crippen molar-refractivity contribution >= 4 is 17.0 Å². The van der Waals surface area contributed by atoms with Crippen molar-refractivity contribution in [2.75, 3.05) is 5.32 Å². The Morgan fingerprint density at radius 2 is 1.95 bits per heavy atom. The summed E-state index contributed by atoms with van der Waals surface area (Å²) in [7, 11) is 0. The van der Waals surface area contributed by atoms with Crippen LogP contribution in [0.3, 0.4) is 0 Å². The number of benzene rings is 1. The number of anilines is 1. The van der Waals surface area contributed by atoms with Gasteiger partial charge in [-0.3, -0.25) is 4.98 Å². The second-order valence-electron chi connectivity index (χ2n) is 4.53. The van der Waals surface area contributed by atoms with Crippen LogP contribution in [-0.4, -0.2) is 9.97 Å². The lowest BCUT2D eigenvalue weighted by Gasteiger charge is -2.03. The zero-order chi connectivity index (χ0) is 13.8. The van der Waals surface area contributed by atoms with E-state index < -0.39 is 0 Å². The van der Waals surface area contributed by atoms with Gasteiger partial charge in [0.25, 0.3) is 0 Å². The van der Waals surface area contributed by atoms with Gasteiger partial charge in [0.2, 0.25) is 0 Å². The van der Waals surface area contributed by atoms with Crippen LogP contribution in [0.25, 0.3) is 11.3 Å². The largest absolute Gasteiger partial charge is 0.377 e. The molecule has 0 fully saturated rings. The van der Waals surface area contributed by atoms with Crippen LogP contribution in [0.2, 0.25) is 0 Å². The minimum Gasteiger partial charge on any atom is -0.377 e. The Hall–Kier alpha value is -2.20. The molecule has 0 bridgehead atoms. The van der Waals surface area contributed by atoms with Gasteiger partial charge in [0, 0.05) is 16.6 Å². The summed E-state index contributed by atoms with van der Waals surface area (Å²) in [6.07, 6.45) is 1.85. The maximum atomic E-state index is 4.65. The number of aryl methyl sites for hydroxylation is 1. The SMILES string of the molecule is Cc1ccc(NCc2nc(-c3ccccc3)cs2)cn1. The molecule has 2 aromatic heterocycles. The van der Waals surface area contributed by atoms with E-state index >= 15 is 0 Å². The molecule has 0 amide bonds. The van der Waals surface area contributed by atoms with E-state index in [2.05, 4.69) is 32.8 Å². The molecule has 0 saturated heterocycles. The summed E-state index contributed by atoms with van der Waals surface area (Å²) >= 11 is 1.67. The molecule has 4 heteroatoms. The Balaban J connectivity index is 1.67. The van der Waals surface area contributed by atoms with Gasteiger partial charge in [-0.25, -0.2) is 4.98 Å². The van der Waals surface area contributed by atoms with Gasteiger partial charge in [0.1, 0.15) is 5.01 Å². The van der Waals surface area contributed by atoms with Gasteiger partial charge in [-0.1, -0.05) is 30.3 Å². The highest BCUT2D eigenvalue weighted by Gasteiger charge is 2.04. The van der Waals surface area contributed by atoms with E-state index in [1.165, 1.54) is 0 Å². The number of thiazole rings is 1. The van der Waals surface area contributed by atoms with Crippen LogP contribution in [0.1, 0.15) is 10.7 Å². The first-order valence-electron chi connectivity index (χ1n) is 6.47. The molecule has 0 unspecified atom stereocenters. The Kier molecular flexibility index (Phi) is 3.74. The van der Waals surface area contributed by atoms with Gasteiger partial charge >= 0.3 is 0 Å². The summed E-state index contributed by atoms with van der Waals surface area (Å²) in [5.74, 6) is 0. The van der Waals surface area contributed by atoms with E-state index in [1.54, 1.807) is 11.3 Å². The molecular weight excluding hydrogens is 266 g/mol. The first-order valence-corrected chi connectivity index (χ1v) is 7.35. The average Bonchev–Trinajstić information content (AvgIpc) is 2.97. The molecule has 2 heterocycles. The maximum absolute atomic E-state index is 4.65. The normalized spacial score (nSPS) is 10.4. The summed E-state index contributed by atoms with van der Waals surface area (Å²) in [6, 6.07) is 14.3. The van der Waals surface area contributed by atoms with Crippen molar-refractivity contribution in [3.05, 3.63) is 64.7 Å². The van der Waals surface area contributed by atoms with Crippen molar-refractivity contribution in [2.24, 2.45) is 0 Å². The third-order valence-corrected chi connectivity index (χ3v) is 3.83. The van der Waals surface area contributed by atoms with Crippen molar-refractivity contribution in [3.8, 4) is 11.3 Å². The summed E-state index contributed by atoms with van der Waals surface area (Å²) < 4.78 is 0. The molecule has 20 heavy (non-hydrogen) atoms. The van der Waals surface area contributed by atoms with Crippen LogP contribution in [0.4, 0.5) is 5.69 Å². The number of nitrogens with zero attached hydrogens (tertiary/aromatic N) is 2.